The van der Waals surface area contributed by atoms with Crippen LogP contribution in [0.2, 0.25) is 0 Å². The average molecular weight is 309 g/mol. The summed E-state index contributed by atoms with van der Waals surface area (Å²) in [5.41, 5.74) is 1.89. The van der Waals surface area contributed by atoms with Gasteiger partial charge in [-0.25, -0.2) is 0 Å². The molecule has 0 spiro atoms. The van der Waals surface area contributed by atoms with E-state index in [4.69, 9.17) is 0 Å². The van der Waals surface area contributed by atoms with Gasteiger partial charge >= 0.3 is 5.97 Å². The Morgan fingerprint density at radius 2 is 1.65 bits per heavy atom. The first-order valence-electron chi connectivity index (χ1n) is 7.78. The molecule has 23 heavy (non-hydrogen) atoms. The number of carbonyl (C=O) groups excluding carboxylic acids is 1. The Kier molecular flexibility index (Phi) is 4.42. The molecule has 1 N–H and O–H groups in total. The maximum absolute atomic E-state index is 12.5. The summed E-state index contributed by atoms with van der Waals surface area (Å²) < 4.78 is 0. The molecule has 4 heteroatoms. The van der Waals surface area contributed by atoms with E-state index in [0.717, 1.165) is 11.1 Å². The van der Waals surface area contributed by atoms with Crippen LogP contribution in [-0.4, -0.2) is 21.9 Å². The van der Waals surface area contributed by atoms with Gasteiger partial charge in [-0.3, -0.25) is 9.59 Å². The summed E-state index contributed by atoms with van der Waals surface area (Å²) in [6, 6.07) is 18.7. The van der Waals surface area contributed by atoms with Gasteiger partial charge in [0.05, 0.1) is 12.0 Å². The zero-order valence-corrected chi connectivity index (χ0v) is 12.8. The van der Waals surface area contributed by atoms with Crippen molar-refractivity contribution in [1.82, 2.24) is 4.90 Å². The average Bonchev–Trinajstić information content (AvgIpc) is 2.58. The minimum atomic E-state index is -0.843. The quantitative estimate of drug-likeness (QED) is 0.943. The fourth-order valence-electron chi connectivity index (χ4n) is 3.24. The third-order valence-corrected chi connectivity index (χ3v) is 4.36. The zero-order valence-electron chi connectivity index (χ0n) is 12.8. The molecular formula is C19H19NO3. The van der Waals surface area contributed by atoms with Crippen LogP contribution in [0.4, 0.5) is 0 Å². The van der Waals surface area contributed by atoms with Crippen molar-refractivity contribution in [1.29, 1.82) is 0 Å². The van der Waals surface area contributed by atoms with Gasteiger partial charge in [-0.15, -0.1) is 0 Å². The smallest absolute Gasteiger partial charge is 0.308 e. The van der Waals surface area contributed by atoms with Gasteiger partial charge in [-0.1, -0.05) is 60.7 Å². The van der Waals surface area contributed by atoms with E-state index >= 15 is 0 Å². The first kappa shape index (κ1) is 15.3. The Balaban J connectivity index is 1.97. The van der Waals surface area contributed by atoms with Gasteiger partial charge in [-0.2, -0.15) is 0 Å². The van der Waals surface area contributed by atoms with E-state index in [1.165, 1.54) is 0 Å². The van der Waals surface area contributed by atoms with Gasteiger partial charge in [0, 0.05) is 13.0 Å². The van der Waals surface area contributed by atoms with Gasteiger partial charge in [0.25, 0.3) is 0 Å². The highest BCUT2D eigenvalue weighted by Crippen LogP contribution is 2.37. The summed E-state index contributed by atoms with van der Waals surface area (Å²) >= 11 is 0. The summed E-state index contributed by atoms with van der Waals surface area (Å²) in [4.78, 5) is 25.9. The molecule has 0 aromatic heterocycles. The lowest BCUT2D eigenvalue weighted by atomic mass is 9.84. The first-order chi connectivity index (χ1) is 11.2. The minimum absolute atomic E-state index is 0.0141. The normalized spacial score (nSPS) is 21.2. The molecule has 118 valence electrons. The van der Waals surface area contributed by atoms with Crippen LogP contribution in [0.1, 0.15) is 30.0 Å². The van der Waals surface area contributed by atoms with E-state index in [9.17, 15) is 14.7 Å². The van der Waals surface area contributed by atoms with Gasteiger partial charge in [-0.05, 0) is 17.5 Å². The molecule has 0 bridgehead atoms. The highest BCUT2D eigenvalue weighted by Gasteiger charge is 2.40. The molecular weight excluding hydrogens is 290 g/mol. The van der Waals surface area contributed by atoms with Crippen LogP contribution in [0.3, 0.4) is 0 Å². The molecule has 1 amide bonds. The second kappa shape index (κ2) is 6.65. The van der Waals surface area contributed by atoms with Crippen molar-refractivity contribution in [3.63, 3.8) is 0 Å². The highest BCUT2D eigenvalue weighted by molar-refractivity contribution is 5.81. The van der Waals surface area contributed by atoms with Crippen LogP contribution < -0.4 is 0 Å². The Hall–Kier alpha value is -2.62. The number of hydrogen-bond donors (Lipinski definition) is 1. The second-order valence-electron chi connectivity index (χ2n) is 5.85. The van der Waals surface area contributed by atoms with Crippen LogP contribution >= 0.6 is 0 Å². The fraction of sp³-hybridized carbons (Fsp3) is 0.263. The summed E-state index contributed by atoms with van der Waals surface area (Å²) in [6.07, 6.45) is 0.673. The SMILES string of the molecule is O=C(O)C1CCC(=O)N(Cc2ccccc2)C1c1ccccc1. The summed E-state index contributed by atoms with van der Waals surface area (Å²) in [7, 11) is 0. The Bertz CT molecular complexity index is 684. The molecule has 1 fully saturated rings. The molecule has 4 nitrogen and oxygen atoms in total. The zero-order chi connectivity index (χ0) is 16.2. The first-order valence-corrected chi connectivity index (χ1v) is 7.78. The minimum Gasteiger partial charge on any atom is -0.481 e. The molecule has 1 aliphatic heterocycles. The molecule has 2 aromatic rings. The van der Waals surface area contributed by atoms with Gasteiger partial charge in [0.1, 0.15) is 0 Å². The Morgan fingerprint density at radius 3 is 2.26 bits per heavy atom. The van der Waals surface area contributed by atoms with Crippen molar-refractivity contribution in [2.45, 2.75) is 25.4 Å². The number of carboxylic acid groups (broad SMARTS) is 1. The summed E-state index contributed by atoms with van der Waals surface area (Å²) in [5.74, 6) is -1.40. The lowest BCUT2D eigenvalue weighted by Gasteiger charge is -2.40. The van der Waals surface area contributed by atoms with Crippen molar-refractivity contribution in [2.75, 3.05) is 0 Å². The molecule has 3 rings (SSSR count). The van der Waals surface area contributed by atoms with Gasteiger partial charge in [0.2, 0.25) is 5.91 Å². The molecule has 1 saturated heterocycles. The highest BCUT2D eigenvalue weighted by atomic mass is 16.4. The molecule has 0 aliphatic carbocycles. The number of nitrogens with zero attached hydrogens (tertiary/aromatic N) is 1. The molecule has 2 atom stereocenters. The molecule has 1 heterocycles. The second-order valence-corrected chi connectivity index (χ2v) is 5.85. The molecule has 0 radical (unpaired) electrons. The number of piperidine rings is 1. The van der Waals surface area contributed by atoms with Crippen molar-refractivity contribution < 1.29 is 14.7 Å². The van der Waals surface area contributed by atoms with Crippen LogP contribution in [-0.2, 0) is 16.1 Å². The maximum atomic E-state index is 12.5. The van der Waals surface area contributed by atoms with E-state index in [1.54, 1.807) is 4.90 Å². The number of benzene rings is 2. The van der Waals surface area contributed by atoms with Crippen molar-refractivity contribution in [3.05, 3.63) is 71.8 Å². The summed E-state index contributed by atoms with van der Waals surface area (Å²) in [5, 5.41) is 9.60. The number of amides is 1. The standard InChI is InChI=1S/C19H19NO3/c21-17-12-11-16(19(22)23)18(15-9-5-2-6-10-15)20(17)13-14-7-3-1-4-8-14/h1-10,16,18H,11-13H2,(H,22,23). The molecule has 1 aliphatic rings. The van der Waals surface area contributed by atoms with Gasteiger partial charge in [0.15, 0.2) is 0 Å². The van der Waals surface area contributed by atoms with Crippen molar-refractivity contribution in [2.24, 2.45) is 5.92 Å². The van der Waals surface area contributed by atoms with E-state index in [1.807, 2.05) is 60.7 Å². The van der Waals surface area contributed by atoms with E-state index in [2.05, 4.69) is 0 Å². The fourth-order valence-corrected chi connectivity index (χ4v) is 3.24. The van der Waals surface area contributed by atoms with Gasteiger partial charge < -0.3 is 10.0 Å². The predicted molar refractivity (Wildman–Crippen MR) is 86.5 cm³/mol. The van der Waals surface area contributed by atoms with Crippen LogP contribution in [0.5, 0.6) is 0 Å². The summed E-state index contributed by atoms with van der Waals surface area (Å²) in [6.45, 7) is 0.434. The maximum Gasteiger partial charge on any atom is 0.308 e. The van der Waals surface area contributed by atoms with E-state index < -0.39 is 17.9 Å². The molecule has 0 saturated carbocycles. The number of hydrogen-bond acceptors (Lipinski definition) is 2. The van der Waals surface area contributed by atoms with Crippen LogP contribution in [0.25, 0.3) is 0 Å². The number of carboxylic acids is 1. The lowest BCUT2D eigenvalue weighted by molar-refractivity contribution is -0.152. The third kappa shape index (κ3) is 3.26. The van der Waals surface area contributed by atoms with Crippen molar-refractivity contribution in [3.8, 4) is 0 Å². The predicted octanol–water partition coefficient (Wildman–Crippen LogP) is 3.25. The number of likely N-dealkylation sites (tertiary alicyclic amines) is 1. The third-order valence-electron chi connectivity index (χ3n) is 4.36. The number of aliphatic carboxylic acids is 1. The molecule has 2 aromatic carbocycles. The molecule has 2 unspecified atom stereocenters. The number of rotatable bonds is 4. The Labute approximate surface area is 135 Å². The number of carbonyl (C=O) groups is 2. The van der Waals surface area contributed by atoms with E-state index in [-0.39, 0.29) is 12.3 Å². The largest absolute Gasteiger partial charge is 0.481 e. The lowest BCUT2D eigenvalue weighted by Crippen LogP contribution is -2.44. The van der Waals surface area contributed by atoms with Crippen LogP contribution in [0.15, 0.2) is 60.7 Å². The van der Waals surface area contributed by atoms with Crippen molar-refractivity contribution >= 4 is 11.9 Å². The Morgan fingerprint density at radius 1 is 1.04 bits per heavy atom. The van der Waals surface area contributed by atoms with Crippen LogP contribution in [0, 0.1) is 5.92 Å². The monoisotopic (exact) mass is 309 g/mol. The topological polar surface area (TPSA) is 57.6 Å². The van der Waals surface area contributed by atoms with E-state index in [0.29, 0.717) is 13.0 Å².